The summed E-state index contributed by atoms with van der Waals surface area (Å²) >= 11 is 0. The normalized spacial score (nSPS) is 10.8. The summed E-state index contributed by atoms with van der Waals surface area (Å²) in [5, 5.41) is 3.98. The first-order valence-electron chi connectivity index (χ1n) is 10.2. The van der Waals surface area contributed by atoms with E-state index in [9.17, 15) is 9.18 Å². The van der Waals surface area contributed by atoms with Gasteiger partial charge >= 0.3 is 0 Å². The van der Waals surface area contributed by atoms with Gasteiger partial charge in [0.15, 0.2) is 5.82 Å². The number of nitrogens with one attached hydrogen (secondary N) is 1. The number of benzene rings is 3. The molecule has 0 saturated heterocycles. The Bertz CT molecular complexity index is 1490. The van der Waals surface area contributed by atoms with E-state index >= 15 is 0 Å². The van der Waals surface area contributed by atoms with Gasteiger partial charge in [0.25, 0.3) is 5.91 Å². The van der Waals surface area contributed by atoms with Gasteiger partial charge in [-0.05, 0) is 59.7 Å². The zero-order chi connectivity index (χ0) is 22.8. The molecule has 33 heavy (non-hydrogen) atoms. The van der Waals surface area contributed by atoms with Crippen LogP contribution < -0.4 is 11.1 Å². The molecule has 0 aliphatic heterocycles. The van der Waals surface area contributed by atoms with Crippen molar-refractivity contribution in [1.29, 1.82) is 0 Å². The molecule has 0 aliphatic carbocycles. The summed E-state index contributed by atoms with van der Waals surface area (Å²) in [7, 11) is 0. The first-order valence-corrected chi connectivity index (χ1v) is 10.2. The molecule has 5 rings (SSSR count). The lowest BCUT2D eigenvalue weighted by Gasteiger charge is -2.14. The number of nitrogens with two attached hydrogens (primary N) is 1. The molecule has 0 spiro atoms. The third kappa shape index (κ3) is 4.12. The number of hydrogen-bond donors (Lipinski definition) is 2. The zero-order valence-corrected chi connectivity index (χ0v) is 17.4. The highest BCUT2D eigenvalue weighted by atomic mass is 19.1. The van der Waals surface area contributed by atoms with Gasteiger partial charge in [-0.25, -0.2) is 14.4 Å². The van der Waals surface area contributed by atoms with E-state index in [1.807, 2.05) is 42.5 Å². The monoisotopic (exact) mass is 435 g/mol. The molecule has 2 heterocycles. The van der Waals surface area contributed by atoms with Crippen LogP contribution in [0.4, 0.5) is 15.9 Å². The first kappa shape index (κ1) is 20.3. The molecule has 2 aromatic heterocycles. The lowest BCUT2D eigenvalue weighted by molar-refractivity contribution is 0.100. The van der Waals surface area contributed by atoms with Crippen LogP contribution in [0.25, 0.3) is 33.4 Å². The van der Waals surface area contributed by atoms with Crippen LogP contribution in [0.2, 0.25) is 0 Å². The van der Waals surface area contributed by atoms with Crippen molar-refractivity contribution in [2.24, 2.45) is 5.73 Å². The van der Waals surface area contributed by atoms with Crippen molar-refractivity contribution in [1.82, 2.24) is 15.0 Å². The summed E-state index contributed by atoms with van der Waals surface area (Å²) in [5.41, 5.74) is 9.39. The molecular weight excluding hydrogens is 417 g/mol. The smallest absolute Gasteiger partial charge is 0.250 e. The highest BCUT2D eigenvalue weighted by Crippen LogP contribution is 2.31. The molecule has 0 radical (unpaired) electrons. The maximum Gasteiger partial charge on any atom is 0.250 e. The number of primary amides is 1. The van der Waals surface area contributed by atoms with E-state index in [1.165, 1.54) is 12.1 Å². The van der Waals surface area contributed by atoms with E-state index in [0.29, 0.717) is 28.4 Å². The molecule has 3 N–H and O–H groups in total. The number of anilines is 2. The quantitative estimate of drug-likeness (QED) is 0.389. The topological polar surface area (TPSA) is 93.8 Å². The Morgan fingerprint density at radius 1 is 0.848 bits per heavy atom. The van der Waals surface area contributed by atoms with Crippen molar-refractivity contribution in [3.63, 3.8) is 0 Å². The number of carbonyl (C=O) groups excluding carboxylic acids is 1. The molecule has 0 saturated carbocycles. The van der Waals surface area contributed by atoms with Gasteiger partial charge in [-0.1, -0.05) is 30.3 Å². The van der Waals surface area contributed by atoms with Crippen molar-refractivity contribution in [3.8, 4) is 22.5 Å². The molecular formula is C26H18FN5O. The number of para-hydroxylation sites is 1. The zero-order valence-electron chi connectivity index (χ0n) is 17.4. The van der Waals surface area contributed by atoms with Crippen molar-refractivity contribution in [2.75, 3.05) is 5.32 Å². The Labute approximate surface area is 189 Å². The molecule has 0 unspecified atom stereocenters. The molecule has 160 valence electrons. The number of aromatic nitrogens is 3. The van der Waals surface area contributed by atoms with Crippen LogP contribution in [0.1, 0.15) is 10.4 Å². The fraction of sp³-hybridized carbons (Fsp3) is 0. The summed E-state index contributed by atoms with van der Waals surface area (Å²) < 4.78 is 13.8. The van der Waals surface area contributed by atoms with Crippen LogP contribution >= 0.6 is 0 Å². The van der Waals surface area contributed by atoms with Gasteiger partial charge in [0.1, 0.15) is 11.6 Å². The minimum Gasteiger partial charge on any atom is -0.366 e. The van der Waals surface area contributed by atoms with Gasteiger partial charge in [0.05, 0.1) is 16.8 Å². The summed E-state index contributed by atoms with van der Waals surface area (Å²) in [6.07, 6.45) is 3.35. The molecule has 0 fully saturated rings. The maximum absolute atomic E-state index is 13.8. The molecule has 6 nitrogen and oxygen atoms in total. The fourth-order valence-electron chi connectivity index (χ4n) is 3.63. The van der Waals surface area contributed by atoms with Crippen molar-refractivity contribution in [3.05, 3.63) is 103 Å². The van der Waals surface area contributed by atoms with Crippen LogP contribution in [0.15, 0.2) is 91.3 Å². The van der Waals surface area contributed by atoms with E-state index in [4.69, 9.17) is 15.7 Å². The Balaban J connectivity index is 1.70. The second-order valence-electron chi connectivity index (χ2n) is 7.41. The molecule has 0 bridgehead atoms. The Kier molecular flexibility index (Phi) is 5.20. The van der Waals surface area contributed by atoms with Crippen LogP contribution in [0, 0.1) is 5.82 Å². The Morgan fingerprint density at radius 3 is 2.45 bits per heavy atom. The van der Waals surface area contributed by atoms with E-state index in [-0.39, 0.29) is 5.82 Å². The SMILES string of the molecule is NC(=O)c1ccccc1Nc1nc(-c2cccnc2)nc2cc(-c3cccc(F)c3)ccc12. The van der Waals surface area contributed by atoms with Crippen LogP contribution in [-0.4, -0.2) is 20.9 Å². The van der Waals surface area contributed by atoms with Crippen LogP contribution in [-0.2, 0) is 0 Å². The number of rotatable bonds is 5. The fourth-order valence-corrected chi connectivity index (χ4v) is 3.63. The van der Waals surface area contributed by atoms with Gasteiger partial charge in [0.2, 0.25) is 0 Å². The average molecular weight is 435 g/mol. The molecule has 1 amide bonds. The second-order valence-corrected chi connectivity index (χ2v) is 7.41. The molecule has 0 atom stereocenters. The van der Waals surface area contributed by atoms with E-state index in [1.54, 1.807) is 36.7 Å². The minimum atomic E-state index is -0.544. The van der Waals surface area contributed by atoms with Gasteiger partial charge in [-0.15, -0.1) is 0 Å². The minimum absolute atomic E-state index is 0.309. The van der Waals surface area contributed by atoms with Gasteiger partial charge < -0.3 is 11.1 Å². The number of nitrogens with zero attached hydrogens (tertiary/aromatic N) is 3. The summed E-state index contributed by atoms with van der Waals surface area (Å²) in [4.78, 5) is 25.5. The predicted octanol–water partition coefficient (Wildman–Crippen LogP) is 5.34. The Morgan fingerprint density at radius 2 is 1.67 bits per heavy atom. The van der Waals surface area contributed by atoms with Crippen LogP contribution in [0.5, 0.6) is 0 Å². The molecule has 5 aromatic rings. The van der Waals surface area contributed by atoms with E-state index in [0.717, 1.165) is 22.1 Å². The molecule has 3 aromatic carbocycles. The number of halogens is 1. The third-order valence-electron chi connectivity index (χ3n) is 5.22. The lowest BCUT2D eigenvalue weighted by atomic mass is 10.0. The molecule has 7 heteroatoms. The largest absolute Gasteiger partial charge is 0.366 e. The second kappa shape index (κ2) is 8.47. The van der Waals surface area contributed by atoms with Gasteiger partial charge in [-0.3, -0.25) is 9.78 Å². The van der Waals surface area contributed by atoms with E-state index in [2.05, 4.69) is 10.3 Å². The number of carbonyl (C=O) groups is 1. The maximum atomic E-state index is 13.8. The number of pyridine rings is 1. The third-order valence-corrected chi connectivity index (χ3v) is 5.22. The summed E-state index contributed by atoms with van der Waals surface area (Å²) in [6.45, 7) is 0. The molecule has 0 aliphatic rings. The van der Waals surface area contributed by atoms with Crippen molar-refractivity contribution >= 4 is 28.3 Å². The Hall–Kier alpha value is -4.65. The van der Waals surface area contributed by atoms with Gasteiger partial charge in [0, 0.05) is 23.3 Å². The number of fused-ring (bicyclic) bond motifs is 1. The lowest BCUT2D eigenvalue weighted by Crippen LogP contribution is -2.13. The van der Waals surface area contributed by atoms with Crippen molar-refractivity contribution in [2.45, 2.75) is 0 Å². The van der Waals surface area contributed by atoms with Crippen molar-refractivity contribution < 1.29 is 9.18 Å². The van der Waals surface area contributed by atoms with Crippen LogP contribution in [0.3, 0.4) is 0 Å². The predicted molar refractivity (Wildman–Crippen MR) is 126 cm³/mol. The summed E-state index contributed by atoms with van der Waals surface area (Å²) in [5.74, 6) is 0.124. The van der Waals surface area contributed by atoms with E-state index < -0.39 is 5.91 Å². The highest BCUT2D eigenvalue weighted by Gasteiger charge is 2.14. The summed E-state index contributed by atoms with van der Waals surface area (Å²) in [6, 6.07) is 22.7. The first-order chi connectivity index (χ1) is 16.1. The standard InChI is InChI=1S/C26H18FN5O/c27-19-7-3-5-16(13-19)17-10-11-21-23(14-17)31-25(18-6-4-12-29-15-18)32-26(21)30-22-9-2-1-8-20(22)24(28)33/h1-15H,(H2,28,33)(H,30,31,32). The number of hydrogen-bond acceptors (Lipinski definition) is 5. The average Bonchev–Trinajstić information content (AvgIpc) is 2.84. The van der Waals surface area contributed by atoms with Gasteiger partial charge in [-0.2, -0.15) is 0 Å². The number of amides is 1. The highest BCUT2D eigenvalue weighted by molar-refractivity contribution is 6.01.